The largest absolute Gasteiger partial charge is 0.368 e. The van der Waals surface area contributed by atoms with Gasteiger partial charge in [0.1, 0.15) is 12.1 Å². The quantitative estimate of drug-likeness (QED) is 0.917. The van der Waals surface area contributed by atoms with Gasteiger partial charge in [-0.2, -0.15) is 11.8 Å². The Morgan fingerprint density at radius 3 is 2.75 bits per heavy atom. The fraction of sp³-hybridized carbons (Fsp3) is 0.579. The SMILES string of the molecule is Cc1ccc2ncnc(NCC3(N4CCSCC4)CCCC3)c2c1. The summed E-state index contributed by atoms with van der Waals surface area (Å²) in [5.74, 6) is 3.54. The van der Waals surface area contributed by atoms with Crippen molar-refractivity contribution < 1.29 is 0 Å². The lowest BCUT2D eigenvalue weighted by Gasteiger charge is -2.43. The van der Waals surface area contributed by atoms with Gasteiger partial charge in [0, 0.05) is 42.1 Å². The molecule has 2 fully saturated rings. The summed E-state index contributed by atoms with van der Waals surface area (Å²) in [5, 5.41) is 4.83. The molecule has 0 spiro atoms. The smallest absolute Gasteiger partial charge is 0.137 e. The van der Waals surface area contributed by atoms with Crippen LogP contribution >= 0.6 is 11.8 Å². The van der Waals surface area contributed by atoms with E-state index >= 15 is 0 Å². The highest BCUT2D eigenvalue weighted by molar-refractivity contribution is 7.99. The van der Waals surface area contributed by atoms with Gasteiger partial charge in [0.2, 0.25) is 0 Å². The molecular weight excluding hydrogens is 316 g/mol. The first-order valence-corrected chi connectivity index (χ1v) is 10.2. The highest BCUT2D eigenvalue weighted by atomic mass is 32.2. The second-order valence-electron chi connectivity index (χ2n) is 7.13. The Hall–Kier alpha value is -1.33. The topological polar surface area (TPSA) is 41.1 Å². The van der Waals surface area contributed by atoms with Crippen molar-refractivity contribution in [1.82, 2.24) is 14.9 Å². The number of aryl methyl sites for hydroxylation is 1. The van der Waals surface area contributed by atoms with Gasteiger partial charge in [0.05, 0.1) is 5.52 Å². The minimum atomic E-state index is 0.322. The molecule has 1 saturated carbocycles. The summed E-state index contributed by atoms with van der Waals surface area (Å²) in [4.78, 5) is 11.7. The molecule has 2 heterocycles. The van der Waals surface area contributed by atoms with Gasteiger partial charge in [-0.3, -0.25) is 4.90 Å². The lowest BCUT2D eigenvalue weighted by Crippen LogP contribution is -2.54. The molecule has 4 nitrogen and oxygen atoms in total. The Morgan fingerprint density at radius 2 is 1.96 bits per heavy atom. The molecular formula is C19H26N4S. The Kier molecular flexibility index (Phi) is 4.63. The zero-order valence-electron chi connectivity index (χ0n) is 14.4. The zero-order chi connectivity index (χ0) is 16.4. The first kappa shape index (κ1) is 16.2. The van der Waals surface area contributed by atoms with Gasteiger partial charge in [0.15, 0.2) is 0 Å². The van der Waals surface area contributed by atoms with Crippen molar-refractivity contribution in [3.63, 3.8) is 0 Å². The number of anilines is 1. The average molecular weight is 343 g/mol. The Morgan fingerprint density at radius 1 is 1.17 bits per heavy atom. The minimum absolute atomic E-state index is 0.322. The molecule has 0 amide bonds. The summed E-state index contributed by atoms with van der Waals surface area (Å²) in [7, 11) is 0. The zero-order valence-corrected chi connectivity index (χ0v) is 15.2. The van der Waals surface area contributed by atoms with E-state index in [4.69, 9.17) is 0 Å². The van der Waals surface area contributed by atoms with Gasteiger partial charge in [-0.05, 0) is 31.9 Å². The maximum Gasteiger partial charge on any atom is 0.137 e. The van der Waals surface area contributed by atoms with Crippen LogP contribution in [0.25, 0.3) is 10.9 Å². The Balaban J connectivity index is 1.57. The van der Waals surface area contributed by atoms with Crippen LogP contribution in [-0.4, -0.2) is 51.5 Å². The normalized spacial score (nSPS) is 21.2. The number of aromatic nitrogens is 2. The van der Waals surface area contributed by atoms with Crippen LogP contribution in [0.4, 0.5) is 5.82 Å². The molecule has 1 aliphatic heterocycles. The number of nitrogens with one attached hydrogen (secondary N) is 1. The van der Waals surface area contributed by atoms with Crippen LogP contribution in [-0.2, 0) is 0 Å². The number of thioether (sulfide) groups is 1. The fourth-order valence-corrected chi connectivity index (χ4v) is 5.14. The van der Waals surface area contributed by atoms with E-state index in [1.807, 2.05) is 0 Å². The van der Waals surface area contributed by atoms with Crippen molar-refractivity contribution in [2.75, 3.05) is 36.5 Å². The highest BCUT2D eigenvalue weighted by Gasteiger charge is 2.39. The molecule has 0 bridgehead atoms. The molecule has 1 N–H and O–H groups in total. The summed E-state index contributed by atoms with van der Waals surface area (Å²) >= 11 is 2.09. The van der Waals surface area contributed by atoms with Crippen LogP contribution in [0, 0.1) is 6.92 Å². The van der Waals surface area contributed by atoms with Gasteiger partial charge < -0.3 is 5.32 Å². The molecule has 5 heteroatoms. The van der Waals surface area contributed by atoms with E-state index in [9.17, 15) is 0 Å². The Labute approximate surface area is 148 Å². The number of nitrogens with zero attached hydrogens (tertiary/aromatic N) is 3. The summed E-state index contributed by atoms with van der Waals surface area (Å²) in [6.45, 7) is 5.59. The summed E-state index contributed by atoms with van der Waals surface area (Å²) in [6, 6.07) is 6.39. The highest BCUT2D eigenvalue weighted by Crippen LogP contribution is 2.37. The van der Waals surface area contributed by atoms with E-state index in [0.717, 1.165) is 23.3 Å². The van der Waals surface area contributed by atoms with Gasteiger partial charge in [-0.1, -0.05) is 24.5 Å². The van der Waals surface area contributed by atoms with Crippen LogP contribution in [0.15, 0.2) is 24.5 Å². The molecule has 4 rings (SSSR count). The van der Waals surface area contributed by atoms with E-state index in [2.05, 4.69) is 57.1 Å². The average Bonchev–Trinajstić information content (AvgIpc) is 3.11. The van der Waals surface area contributed by atoms with Crippen molar-refractivity contribution in [3.8, 4) is 0 Å². The van der Waals surface area contributed by atoms with E-state index in [1.54, 1.807) is 6.33 Å². The second kappa shape index (κ2) is 6.89. The van der Waals surface area contributed by atoms with E-state index in [0.29, 0.717) is 5.54 Å². The third-order valence-corrected chi connectivity index (χ3v) is 6.53. The van der Waals surface area contributed by atoms with Gasteiger partial charge in [0.25, 0.3) is 0 Å². The van der Waals surface area contributed by atoms with Gasteiger partial charge in [-0.15, -0.1) is 0 Å². The van der Waals surface area contributed by atoms with Crippen LogP contribution < -0.4 is 5.32 Å². The van der Waals surface area contributed by atoms with Crippen molar-refractivity contribution >= 4 is 28.5 Å². The predicted octanol–water partition coefficient (Wildman–Crippen LogP) is 3.71. The van der Waals surface area contributed by atoms with E-state index in [-0.39, 0.29) is 0 Å². The summed E-state index contributed by atoms with van der Waals surface area (Å²) in [6.07, 6.45) is 7.02. The Bertz CT molecular complexity index is 706. The number of fused-ring (bicyclic) bond motifs is 1. The van der Waals surface area contributed by atoms with Crippen LogP contribution in [0.2, 0.25) is 0 Å². The molecule has 24 heavy (non-hydrogen) atoms. The van der Waals surface area contributed by atoms with Crippen molar-refractivity contribution in [2.24, 2.45) is 0 Å². The number of hydrogen-bond donors (Lipinski definition) is 1. The van der Waals surface area contributed by atoms with E-state index in [1.165, 1.54) is 55.8 Å². The van der Waals surface area contributed by atoms with Crippen LogP contribution in [0.1, 0.15) is 31.2 Å². The summed E-state index contributed by atoms with van der Waals surface area (Å²) in [5.41, 5.74) is 2.60. The van der Waals surface area contributed by atoms with Crippen LogP contribution in [0.3, 0.4) is 0 Å². The molecule has 128 valence electrons. The molecule has 2 aliphatic rings. The first-order chi connectivity index (χ1) is 11.8. The van der Waals surface area contributed by atoms with Crippen molar-refractivity contribution in [3.05, 3.63) is 30.1 Å². The monoisotopic (exact) mass is 342 g/mol. The molecule has 1 aromatic heterocycles. The predicted molar refractivity (Wildman–Crippen MR) is 103 cm³/mol. The van der Waals surface area contributed by atoms with Gasteiger partial charge >= 0.3 is 0 Å². The third-order valence-electron chi connectivity index (χ3n) is 5.59. The van der Waals surface area contributed by atoms with E-state index < -0.39 is 0 Å². The molecule has 1 aromatic carbocycles. The van der Waals surface area contributed by atoms with Crippen molar-refractivity contribution in [1.29, 1.82) is 0 Å². The molecule has 0 atom stereocenters. The minimum Gasteiger partial charge on any atom is -0.368 e. The molecule has 0 unspecified atom stereocenters. The first-order valence-electron chi connectivity index (χ1n) is 9.05. The third kappa shape index (κ3) is 3.11. The molecule has 2 aromatic rings. The van der Waals surface area contributed by atoms with Crippen LogP contribution in [0.5, 0.6) is 0 Å². The fourth-order valence-electron chi connectivity index (χ4n) is 4.24. The number of benzene rings is 1. The summed E-state index contributed by atoms with van der Waals surface area (Å²) < 4.78 is 0. The molecule has 0 radical (unpaired) electrons. The lowest BCUT2D eigenvalue weighted by atomic mass is 9.94. The van der Waals surface area contributed by atoms with Crippen molar-refractivity contribution in [2.45, 2.75) is 38.1 Å². The van der Waals surface area contributed by atoms with Gasteiger partial charge in [-0.25, -0.2) is 9.97 Å². The molecule has 1 aliphatic carbocycles. The lowest BCUT2D eigenvalue weighted by molar-refractivity contribution is 0.116. The number of hydrogen-bond acceptors (Lipinski definition) is 5. The standard InChI is InChI=1S/C19H26N4S/c1-15-4-5-17-16(12-15)18(22-14-21-17)20-13-19(6-2-3-7-19)23-8-10-24-11-9-23/h4-5,12,14H,2-3,6-11,13H2,1H3,(H,20,21,22). The number of rotatable bonds is 4. The molecule has 1 saturated heterocycles. The maximum absolute atomic E-state index is 4.54. The maximum atomic E-state index is 4.54. The second-order valence-corrected chi connectivity index (χ2v) is 8.35.